The zero-order valence-electron chi connectivity index (χ0n) is 12.1. The maximum absolute atomic E-state index is 10.6. The molecule has 2 fully saturated rings. The Hall–Kier alpha value is -0.120. The van der Waals surface area contributed by atoms with E-state index in [2.05, 4.69) is 24.2 Å². The molecule has 3 nitrogen and oxygen atoms in total. The van der Waals surface area contributed by atoms with Gasteiger partial charge in [0.1, 0.15) is 0 Å². The molecule has 1 aliphatic heterocycles. The number of hydrogen-bond acceptors (Lipinski definition) is 3. The van der Waals surface area contributed by atoms with Crippen LogP contribution in [-0.2, 0) is 0 Å². The first-order chi connectivity index (χ1) is 8.63. The Kier molecular flexibility index (Phi) is 5.05. The highest BCUT2D eigenvalue weighted by Crippen LogP contribution is 2.30. The van der Waals surface area contributed by atoms with Crippen molar-refractivity contribution in [3.63, 3.8) is 0 Å². The van der Waals surface area contributed by atoms with E-state index in [0.29, 0.717) is 6.04 Å². The van der Waals surface area contributed by atoms with Crippen LogP contribution in [0.5, 0.6) is 0 Å². The highest BCUT2D eigenvalue weighted by molar-refractivity contribution is 4.88. The fraction of sp³-hybridized carbons (Fsp3) is 1.00. The van der Waals surface area contributed by atoms with Gasteiger partial charge in [-0.3, -0.25) is 0 Å². The van der Waals surface area contributed by atoms with Crippen molar-refractivity contribution < 1.29 is 5.11 Å². The Morgan fingerprint density at radius 3 is 2.39 bits per heavy atom. The van der Waals surface area contributed by atoms with Crippen molar-refractivity contribution in [1.82, 2.24) is 10.2 Å². The van der Waals surface area contributed by atoms with Crippen molar-refractivity contribution in [3.05, 3.63) is 0 Å². The zero-order chi connectivity index (χ0) is 13.0. The standard InChI is InChI=1S/C15H30N2O/c1-13(16-2)14-6-10-17(11-7-14)12-15(18)8-4-3-5-9-15/h13-14,16,18H,3-12H2,1-2H3. The molecule has 1 heterocycles. The van der Waals surface area contributed by atoms with E-state index in [1.807, 2.05) is 0 Å². The minimum atomic E-state index is -0.375. The third-order valence-electron chi connectivity index (χ3n) is 5.10. The molecule has 2 aliphatic rings. The van der Waals surface area contributed by atoms with Gasteiger partial charge in [-0.1, -0.05) is 19.3 Å². The zero-order valence-corrected chi connectivity index (χ0v) is 12.1. The molecule has 106 valence electrons. The molecule has 18 heavy (non-hydrogen) atoms. The van der Waals surface area contributed by atoms with E-state index in [9.17, 15) is 5.11 Å². The number of rotatable bonds is 4. The molecule has 1 aliphatic carbocycles. The van der Waals surface area contributed by atoms with Crippen LogP contribution >= 0.6 is 0 Å². The first-order valence-corrected chi connectivity index (χ1v) is 7.75. The molecule has 0 aromatic carbocycles. The SMILES string of the molecule is CNC(C)C1CCN(CC2(O)CCCCC2)CC1. The monoisotopic (exact) mass is 254 g/mol. The second-order valence-electron chi connectivity index (χ2n) is 6.48. The van der Waals surface area contributed by atoms with Crippen LogP contribution < -0.4 is 5.32 Å². The summed E-state index contributed by atoms with van der Waals surface area (Å²) >= 11 is 0. The summed E-state index contributed by atoms with van der Waals surface area (Å²) in [5.41, 5.74) is -0.375. The second kappa shape index (κ2) is 6.36. The van der Waals surface area contributed by atoms with Gasteiger partial charge in [-0.25, -0.2) is 0 Å². The van der Waals surface area contributed by atoms with E-state index in [1.54, 1.807) is 0 Å². The lowest BCUT2D eigenvalue weighted by molar-refractivity contribution is -0.0334. The Balaban J connectivity index is 1.76. The molecule has 1 saturated heterocycles. The van der Waals surface area contributed by atoms with Gasteiger partial charge >= 0.3 is 0 Å². The highest BCUT2D eigenvalue weighted by atomic mass is 16.3. The van der Waals surface area contributed by atoms with E-state index in [1.165, 1.54) is 45.2 Å². The maximum atomic E-state index is 10.6. The van der Waals surface area contributed by atoms with Crippen molar-refractivity contribution in [2.75, 3.05) is 26.7 Å². The number of hydrogen-bond donors (Lipinski definition) is 2. The highest BCUT2D eigenvalue weighted by Gasteiger charge is 2.33. The predicted molar refractivity (Wildman–Crippen MR) is 75.7 cm³/mol. The van der Waals surface area contributed by atoms with Crippen molar-refractivity contribution in [1.29, 1.82) is 0 Å². The van der Waals surface area contributed by atoms with Crippen molar-refractivity contribution >= 4 is 0 Å². The van der Waals surface area contributed by atoms with Crippen molar-refractivity contribution in [3.8, 4) is 0 Å². The van der Waals surface area contributed by atoms with E-state index in [-0.39, 0.29) is 5.60 Å². The van der Waals surface area contributed by atoms with Gasteiger partial charge in [0.25, 0.3) is 0 Å². The van der Waals surface area contributed by atoms with Crippen molar-refractivity contribution in [2.45, 2.75) is 63.5 Å². The van der Waals surface area contributed by atoms with Crippen LogP contribution in [0.1, 0.15) is 51.9 Å². The molecule has 1 saturated carbocycles. The smallest absolute Gasteiger partial charge is 0.0774 e. The lowest BCUT2D eigenvalue weighted by atomic mass is 9.83. The lowest BCUT2D eigenvalue weighted by Gasteiger charge is -2.41. The van der Waals surface area contributed by atoms with Gasteiger partial charge in [-0.2, -0.15) is 0 Å². The Bertz CT molecular complexity index is 243. The Labute approximate surface area is 112 Å². The molecule has 0 amide bonds. The summed E-state index contributed by atoms with van der Waals surface area (Å²) in [6.07, 6.45) is 8.31. The number of piperidine rings is 1. The Morgan fingerprint density at radius 1 is 1.22 bits per heavy atom. The molecule has 2 N–H and O–H groups in total. The largest absolute Gasteiger partial charge is 0.389 e. The summed E-state index contributed by atoms with van der Waals surface area (Å²) in [6.45, 7) is 5.53. The summed E-state index contributed by atoms with van der Waals surface area (Å²) in [6, 6.07) is 0.630. The van der Waals surface area contributed by atoms with Gasteiger partial charge in [0.15, 0.2) is 0 Å². The number of likely N-dealkylation sites (tertiary alicyclic amines) is 1. The quantitative estimate of drug-likeness (QED) is 0.805. The van der Waals surface area contributed by atoms with Gasteiger partial charge in [0.05, 0.1) is 5.60 Å². The van der Waals surface area contributed by atoms with Gasteiger partial charge < -0.3 is 15.3 Å². The van der Waals surface area contributed by atoms with Gasteiger partial charge in [-0.15, -0.1) is 0 Å². The molecular formula is C15H30N2O. The fourth-order valence-corrected chi connectivity index (χ4v) is 3.63. The molecule has 1 unspecified atom stereocenters. The lowest BCUT2D eigenvalue weighted by Crippen LogP contribution is -2.48. The third-order valence-corrected chi connectivity index (χ3v) is 5.10. The van der Waals surface area contributed by atoms with Crippen LogP contribution in [-0.4, -0.2) is 48.3 Å². The molecule has 1 atom stereocenters. The first-order valence-electron chi connectivity index (χ1n) is 7.75. The normalized spacial score (nSPS) is 28.2. The van der Waals surface area contributed by atoms with Crippen LogP contribution in [0.2, 0.25) is 0 Å². The van der Waals surface area contributed by atoms with E-state index in [0.717, 1.165) is 25.3 Å². The number of nitrogens with one attached hydrogen (secondary N) is 1. The molecule has 3 heteroatoms. The molecular weight excluding hydrogens is 224 g/mol. The first kappa shape index (κ1) is 14.3. The molecule has 0 spiro atoms. The van der Waals surface area contributed by atoms with Gasteiger partial charge in [0, 0.05) is 12.6 Å². The molecule has 0 radical (unpaired) electrons. The van der Waals surface area contributed by atoms with E-state index < -0.39 is 0 Å². The molecule has 0 aromatic rings. The van der Waals surface area contributed by atoms with Gasteiger partial charge in [0.2, 0.25) is 0 Å². The van der Waals surface area contributed by atoms with Crippen LogP contribution in [0.4, 0.5) is 0 Å². The summed E-state index contributed by atoms with van der Waals surface area (Å²) in [4.78, 5) is 2.49. The summed E-state index contributed by atoms with van der Waals surface area (Å²) in [5, 5.41) is 14.0. The number of aliphatic hydroxyl groups is 1. The average Bonchev–Trinajstić information content (AvgIpc) is 2.39. The summed E-state index contributed by atoms with van der Waals surface area (Å²) in [7, 11) is 2.06. The molecule has 0 aromatic heterocycles. The van der Waals surface area contributed by atoms with Crippen molar-refractivity contribution in [2.24, 2.45) is 5.92 Å². The topological polar surface area (TPSA) is 35.5 Å². The Morgan fingerprint density at radius 2 is 1.83 bits per heavy atom. The second-order valence-corrected chi connectivity index (χ2v) is 6.48. The summed E-state index contributed by atoms with van der Waals surface area (Å²) in [5.74, 6) is 0.812. The third kappa shape index (κ3) is 3.69. The maximum Gasteiger partial charge on any atom is 0.0774 e. The number of β-amino-alcohol motifs (C(OH)–C–C–N with tert-alkyl or cyclic N) is 1. The molecule has 2 rings (SSSR count). The van der Waals surface area contributed by atoms with Gasteiger partial charge in [-0.05, 0) is 58.7 Å². The molecule has 0 bridgehead atoms. The summed E-state index contributed by atoms with van der Waals surface area (Å²) < 4.78 is 0. The van der Waals surface area contributed by atoms with Crippen LogP contribution in [0, 0.1) is 5.92 Å². The number of nitrogens with zero attached hydrogens (tertiary/aromatic N) is 1. The van der Waals surface area contributed by atoms with E-state index in [4.69, 9.17) is 0 Å². The van der Waals surface area contributed by atoms with E-state index >= 15 is 0 Å². The van der Waals surface area contributed by atoms with Crippen LogP contribution in [0.25, 0.3) is 0 Å². The fourth-order valence-electron chi connectivity index (χ4n) is 3.63. The minimum absolute atomic E-state index is 0.375. The minimum Gasteiger partial charge on any atom is -0.389 e. The van der Waals surface area contributed by atoms with Crippen LogP contribution in [0.15, 0.2) is 0 Å². The average molecular weight is 254 g/mol. The predicted octanol–water partition coefficient (Wildman–Crippen LogP) is 2.00. The van der Waals surface area contributed by atoms with Crippen LogP contribution in [0.3, 0.4) is 0 Å².